The number of nitrogens with one attached hydrogen (secondary N) is 1. The van der Waals surface area contributed by atoms with Crippen molar-refractivity contribution in [2.24, 2.45) is 0 Å². The number of hydrogen-bond donors (Lipinski definition) is 2. The maximum absolute atomic E-state index is 11.6. The van der Waals surface area contributed by atoms with Crippen molar-refractivity contribution in [3.63, 3.8) is 0 Å². The molecule has 0 atom stereocenters. The average molecular weight is 267 g/mol. The van der Waals surface area contributed by atoms with Gasteiger partial charge in [-0.3, -0.25) is 4.79 Å². The van der Waals surface area contributed by atoms with E-state index in [2.05, 4.69) is 32.5 Å². The molecule has 0 saturated heterocycles. The van der Waals surface area contributed by atoms with Crippen LogP contribution in [-0.4, -0.2) is 15.1 Å². The number of hydrogen-bond acceptors (Lipinski definition) is 3. The van der Waals surface area contributed by atoms with Gasteiger partial charge in [-0.25, -0.2) is 4.98 Å². The smallest absolute Gasteiger partial charge is 0.259 e. The van der Waals surface area contributed by atoms with Gasteiger partial charge in [0.1, 0.15) is 0 Å². The Bertz CT molecular complexity index is 604. The Morgan fingerprint density at radius 3 is 2.93 bits per heavy atom. The van der Waals surface area contributed by atoms with Crippen LogP contribution in [-0.2, 0) is 0 Å². The number of benzene rings is 1. The molecule has 0 unspecified atom stereocenters. The predicted molar refractivity (Wildman–Crippen MR) is 61.7 cm³/mol. The first-order chi connectivity index (χ1) is 7.08. The van der Waals surface area contributed by atoms with Gasteiger partial charge in [0, 0.05) is 4.47 Å². The summed E-state index contributed by atoms with van der Waals surface area (Å²) in [6.07, 6.45) is 0. The van der Waals surface area contributed by atoms with Gasteiger partial charge in [-0.1, -0.05) is 22.5 Å². The third-order valence-electron chi connectivity index (χ3n) is 1.94. The molecule has 1 aromatic carbocycles. The monoisotopic (exact) mass is 266 g/mol. The van der Waals surface area contributed by atoms with Gasteiger partial charge in [0.25, 0.3) is 5.56 Å². The molecule has 0 bridgehead atoms. The molecule has 2 rings (SSSR count). The summed E-state index contributed by atoms with van der Waals surface area (Å²) in [4.78, 5) is 18.1. The van der Waals surface area contributed by atoms with Gasteiger partial charge in [0.2, 0.25) is 0 Å². The van der Waals surface area contributed by atoms with Crippen LogP contribution in [0.3, 0.4) is 0 Å². The minimum atomic E-state index is -0.300. The van der Waals surface area contributed by atoms with E-state index >= 15 is 0 Å². The van der Waals surface area contributed by atoms with E-state index in [1.165, 1.54) is 0 Å². The summed E-state index contributed by atoms with van der Waals surface area (Å²) in [6, 6.07) is 5.14. The van der Waals surface area contributed by atoms with Gasteiger partial charge < -0.3 is 10.1 Å². The molecule has 15 heavy (non-hydrogen) atoms. The summed E-state index contributed by atoms with van der Waals surface area (Å²) in [5, 5.41) is 9.59. The van der Waals surface area contributed by atoms with Gasteiger partial charge >= 0.3 is 0 Å². The van der Waals surface area contributed by atoms with Crippen LogP contribution in [0.25, 0.3) is 16.7 Å². The van der Waals surface area contributed by atoms with E-state index in [9.17, 15) is 4.79 Å². The Morgan fingerprint density at radius 1 is 1.53 bits per heavy atom. The number of halogens is 1. The molecule has 0 radical (unpaired) electrons. The van der Waals surface area contributed by atoms with E-state index < -0.39 is 0 Å². The Kier molecular flexibility index (Phi) is 2.32. The zero-order valence-corrected chi connectivity index (χ0v) is 9.21. The minimum absolute atomic E-state index is 0.0924. The lowest BCUT2D eigenvalue weighted by Gasteiger charge is -2.01. The fourth-order valence-corrected chi connectivity index (χ4v) is 1.61. The molecule has 1 aromatic heterocycles. The molecule has 5 heteroatoms. The van der Waals surface area contributed by atoms with Crippen molar-refractivity contribution in [1.82, 2.24) is 9.97 Å². The maximum atomic E-state index is 11.6. The van der Waals surface area contributed by atoms with Crippen LogP contribution in [0.2, 0.25) is 0 Å². The average Bonchev–Trinajstić information content (AvgIpc) is 2.18. The van der Waals surface area contributed by atoms with Gasteiger partial charge in [-0.15, -0.1) is 0 Å². The highest BCUT2D eigenvalue weighted by Crippen LogP contribution is 2.15. The first-order valence-electron chi connectivity index (χ1n) is 4.16. The molecule has 2 N–H and O–H groups in total. The van der Waals surface area contributed by atoms with Gasteiger partial charge in [0.15, 0.2) is 11.6 Å². The number of rotatable bonds is 1. The van der Waals surface area contributed by atoms with Crippen molar-refractivity contribution < 1.29 is 5.11 Å². The fraction of sp³-hybridized carbons (Fsp3) is 0. The zero-order chi connectivity index (χ0) is 11.0. The molecule has 0 aliphatic carbocycles. The molecule has 0 fully saturated rings. The first-order valence-corrected chi connectivity index (χ1v) is 4.95. The molecule has 0 spiro atoms. The lowest BCUT2D eigenvalue weighted by atomic mass is 10.2. The molecule has 76 valence electrons. The first kappa shape index (κ1) is 9.92. The molecule has 0 aliphatic rings. The number of nitrogens with zero attached hydrogens (tertiary/aromatic N) is 1. The van der Waals surface area contributed by atoms with Crippen molar-refractivity contribution in [2.45, 2.75) is 0 Å². The third kappa shape index (κ3) is 1.78. The van der Waals surface area contributed by atoms with Gasteiger partial charge in [0.05, 0.1) is 10.9 Å². The zero-order valence-electron chi connectivity index (χ0n) is 7.62. The lowest BCUT2D eigenvalue weighted by molar-refractivity contribution is 0.507. The molecule has 1 heterocycles. The van der Waals surface area contributed by atoms with Crippen LogP contribution in [0.1, 0.15) is 5.82 Å². The van der Waals surface area contributed by atoms with E-state index in [-0.39, 0.29) is 17.1 Å². The second-order valence-corrected chi connectivity index (χ2v) is 3.94. The number of aromatic nitrogens is 2. The highest BCUT2D eigenvalue weighted by molar-refractivity contribution is 9.10. The molecule has 2 aromatic rings. The summed E-state index contributed by atoms with van der Waals surface area (Å²) in [5.41, 5.74) is 0.221. The van der Waals surface area contributed by atoms with E-state index in [4.69, 9.17) is 5.11 Å². The second kappa shape index (κ2) is 3.51. The predicted octanol–water partition coefficient (Wildman–Crippen LogP) is 2.21. The van der Waals surface area contributed by atoms with Gasteiger partial charge in [-0.2, -0.15) is 0 Å². The molecule has 4 nitrogen and oxygen atoms in total. The fourth-order valence-electron chi connectivity index (χ4n) is 1.25. The summed E-state index contributed by atoms with van der Waals surface area (Å²) in [5.74, 6) is -0.160. The number of aromatic amines is 1. The Hall–Kier alpha value is -1.62. The Balaban J connectivity index is 2.84. The molecular weight excluding hydrogens is 260 g/mol. The summed E-state index contributed by atoms with van der Waals surface area (Å²) >= 11 is 3.27. The standard InChI is InChI=1S/C10H7BrN2O2/c1-5(14)9-12-8-3-2-6(11)4-7(8)10(15)13-9/h2-4,14H,1H2,(H,12,13,15). The highest BCUT2D eigenvalue weighted by Gasteiger charge is 2.05. The van der Waals surface area contributed by atoms with Crippen molar-refractivity contribution in [1.29, 1.82) is 0 Å². The Labute approximate surface area is 93.4 Å². The van der Waals surface area contributed by atoms with Crippen molar-refractivity contribution in [3.05, 3.63) is 45.4 Å². The highest BCUT2D eigenvalue weighted by atomic mass is 79.9. The van der Waals surface area contributed by atoms with Crippen molar-refractivity contribution in [2.75, 3.05) is 0 Å². The van der Waals surface area contributed by atoms with Crippen LogP contribution in [0.4, 0.5) is 0 Å². The van der Waals surface area contributed by atoms with Crippen LogP contribution in [0.5, 0.6) is 0 Å². The van der Waals surface area contributed by atoms with E-state index in [0.29, 0.717) is 10.9 Å². The Morgan fingerprint density at radius 2 is 2.27 bits per heavy atom. The number of H-pyrrole nitrogens is 1. The van der Waals surface area contributed by atoms with Crippen molar-refractivity contribution >= 4 is 32.6 Å². The largest absolute Gasteiger partial charge is 0.505 e. The third-order valence-corrected chi connectivity index (χ3v) is 2.43. The SMILES string of the molecule is C=C(O)c1nc2ccc(Br)cc2c(=O)[nH]1. The molecule has 0 saturated carbocycles. The molecule has 0 aliphatic heterocycles. The summed E-state index contributed by atoms with van der Waals surface area (Å²) in [7, 11) is 0. The normalized spacial score (nSPS) is 10.5. The van der Waals surface area contributed by atoms with Crippen LogP contribution in [0.15, 0.2) is 34.0 Å². The van der Waals surface area contributed by atoms with Crippen LogP contribution < -0.4 is 5.56 Å². The summed E-state index contributed by atoms with van der Waals surface area (Å²) < 4.78 is 0.804. The second-order valence-electron chi connectivity index (χ2n) is 3.02. The number of aliphatic hydroxyl groups is 1. The maximum Gasteiger partial charge on any atom is 0.259 e. The molecule has 0 amide bonds. The lowest BCUT2D eigenvalue weighted by Crippen LogP contribution is -2.11. The van der Waals surface area contributed by atoms with E-state index in [0.717, 1.165) is 4.47 Å². The topological polar surface area (TPSA) is 66.0 Å². The van der Waals surface area contributed by atoms with Crippen LogP contribution in [0, 0.1) is 0 Å². The van der Waals surface area contributed by atoms with E-state index in [1.807, 2.05) is 0 Å². The minimum Gasteiger partial charge on any atom is -0.505 e. The van der Waals surface area contributed by atoms with Crippen LogP contribution >= 0.6 is 15.9 Å². The number of aliphatic hydroxyl groups excluding tert-OH is 1. The quantitative estimate of drug-likeness (QED) is 0.778. The van der Waals surface area contributed by atoms with E-state index in [1.54, 1.807) is 18.2 Å². The number of fused-ring (bicyclic) bond motifs is 1. The molecular formula is C10H7BrN2O2. The van der Waals surface area contributed by atoms with Crippen molar-refractivity contribution in [3.8, 4) is 0 Å². The summed E-state index contributed by atoms with van der Waals surface area (Å²) in [6.45, 7) is 3.30. The van der Waals surface area contributed by atoms with Gasteiger partial charge in [-0.05, 0) is 18.2 Å².